The van der Waals surface area contributed by atoms with Crippen molar-refractivity contribution in [3.05, 3.63) is 42.2 Å². The number of benzene rings is 1. The molecule has 0 radical (unpaired) electrons. The Bertz CT molecular complexity index is 786. The van der Waals surface area contributed by atoms with Gasteiger partial charge in [-0.1, -0.05) is 25.7 Å². The second-order valence-electron chi connectivity index (χ2n) is 6.78. The van der Waals surface area contributed by atoms with E-state index in [0.29, 0.717) is 5.69 Å². The molecule has 1 amide bonds. The number of nitrogens with one attached hydrogen (secondary N) is 2. The van der Waals surface area contributed by atoms with Gasteiger partial charge in [0, 0.05) is 29.7 Å². The average Bonchev–Trinajstić information content (AvgIpc) is 2.97. The molecule has 1 saturated carbocycles. The van der Waals surface area contributed by atoms with Crippen LogP contribution in [0.1, 0.15) is 49.0 Å². The van der Waals surface area contributed by atoms with Gasteiger partial charge in [-0.3, -0.25) is 9.78 Å². The molecule has 6 nitrogen and oxygen atoms in total. The van der Waals surface area contributed by atoms with Crippen molar-refractivity contribution < 1.29 is 14.3 Å². The smallest absolute Gasteiger partial charge is 0.270 e. The molecule has 0 spiro atoms. The minimum Gasteiger partial charge on any atom is -0.454 e. The summed E-state index contributed by atoms with van der Waals surface area (Å²) < 4.78 is 10.7. The normalized spacial score (nSPS) is 16.8. The third-order valence-electron chi connectivity index (χ3n) is 4.84. The number of hydrogen-bond donors (Lipinski definition) is 2. The molecule has 2 N–H and O–H groups in total. The van der Waals surface area contributed by atoms with Crippen molar-refractivity contribution in [2.24, 2.45) is 0 Å². The zero-order valence-electron chi connectivity index (χ0n) is 14.7. The third kappa shape index (κ3) is 3.90. The number of amides is 1. The lowest BCUT2D eigenvalue weighted by Gasteiger charge is -2.16. The predicted octanol–water partition coefficient (Wildman–Crippen LogP) is 4.01. The van der Waals surface area contributed by atoms with Gasteiger partial charge in [-0.2, -0.15) is 0 Å². The zero-order valence-corrected chi connectivity index (χ0v) is 14.7. The molecule has 0 unspecified atom stereocenters. The number of carbonyl (C=O) groups excluding carboxylic acids is 1. The summed E-state index contributed by atoms with van der Waals surface area (Å²) in [4.78, 5) is 16.8. The number of carbonyl (C=O) groups is 1. The molecular formula is C20H23N3O3. The molecule has 0 atom stereocenters. The van der Waals surface area contributed by atoms with Crippen LogP contribution in [-0.2, 0) is 0 Å². The van der Waals surface area contributed by atoms with Crippen LogP contribution in [-0.4, -0.2) is 23.7 Å². The molecule has 1 fully saturated rings. The topological polar surface area (TPSA) is 72.5 Å². The fourth-order valence-electron chi connectivity index (χ4n) is 3.46. The number of rotatable bonds is 4. The summed E-state index contributed by atoms with van der Waals surface area (Å²) in [5, 5.41) is 6.42. The van der Waals surface area contributed by atoms with Crippen molar-refractivity contribution in [1.82, 2.24) is 10.3 Å². The monoisotopic (exact) mass is 353 g/mol. The first-order valence-corrected chi connectivity index (χ1v) is 9.21. The zero-order chi connectivity index (χ0) is 17.8. The van der Waals surface area contributed by atoms with E-state index in [-0.39, 0.29) is 18.7 Å². The summed E-state index contributed by atoms with van der Waals surface area (Å²) in [5.41, 5.74) is 2.11. The molecule has 1 aliphatic carbocycles. The summed E-state index contributed by atoms with van der Waals surface area (Å²) in [6.07, 6.45) is 8.66. The van der Waals surface area contributed by atoms with Crippen LogP contribution in [0.2, 0.25) is 0 Å². The summed E-state index contributed by atoms with van der Waals surface area (Å²) in [6.45, 7) is 0.250. The standard InChI is InChI=1S/C20H23N3O3/c24-20(23-14-5-3-1-2-4-6-14)17-11-16(9-10-21-17)22-15-7-8-18-19(12-15)26-13-25-18/h7-12,14H,1-6,13H2,(H,21,22)(H,23,24). The predicted molar refractivity (Wildman–Crippen MR) is 99.0 cm³/mol. The maximum absolute atomic E-state index is 12.5. The van der Waals surface area contributed by atoms with E-state index in [1.165, 1.54) is 25.7 Å². The van der Waals surface area contributed by atoms with Gasteiger partial charge in [-0.25, -0.2) is 0 Å². The molecule has 1 aromatic carbocycles. The highest BCUT2D eigenvalue weighted by Gasteiger charge is 2.17. The first kappa shape index (κ1) is 16.7. The van der Waals surface area contributed by atoms with E-state index >= 15 is 0 Å². The van der Waals surface area contributed by atoms with Crippen molar-refractivity contribution in [3.8, 4) is 11.5 Å². The van der Waals surface area contributed by atoms with Crippen LogP contribution < -0.4 is 20.1 Å². The van der Waals surface area contributed by atoms with Crippen molar-refractivity contribution in [2.75, 3.05) is 12.1 Å². The number of ether oxygens (including phenoxy) is 2. The molecule has 2 heterocycles. The highest BCUT2D eigenvalue weighted by atomic mass is 16.7. The molecule has 0 bridgehead atoms. The number of pyridine rings is 1. The summed E-state index contributed by atoms with van der Waals surface area (Å²) in [5.74, 6) is 1.36. The Hall–Kier alpha value is -2.76. The Balaban J connectivity index is 1.43. The second kappa shape index (κ2) is 7.64. The SMILES string of the molecule is O=C(NC1CCCCCC1)c1cc(Nc2ccc3c(c2)OCO3)ccn1. The molecule has 26 heavy (non-hydrogen) atoms. The molecule has 6 heteroatoms. The van der Waals surface area contributed by atoms with E-state index < -0.39 is 0 Å². The lowest BCUT2D eigenvalue weighted by molar-refractivity contribution is 0.0928. The van der Waals surface area contributed by atoms with Gasteiger partial charge in [0.05, 0.1) is 0 Å². The Kier molecular flexibility index (Phi) is 4.91. The number of fused-ring (bicyclic) bond motifs is 1. The highest BCUT2D eigenvalue weighted by molar-refractivity contribution is 5.93. The van der Waals surface area contributed by atoms with E-state index in [0.717, 1.165) is 35.7 Å². The quantitative estimate of drug-likeness (QED) is 0.813. The van der Waals surface area contributed by atoms with Crippen molar-refractivity contribution in [3.63, 3.8) is 0 Å². The van der Waals surface area contributed by atoms with E-state index in [1.807, 2.05) is 24.3 Å². The van der Waals surface area contributed by atoms with Gasteiger partial charge in [0.25, 0.3) is 5.91 Å². The number of anilines is 2. The third-order valence-corrected chi connectivity index (χ3v) is 4.84. The maximum atomic E-state index is 12.5. The van der Waals surface area contributed by atoms with Crippen molar-refractivity contribution in [2.45, 2.75) is 44.6 Å². The second-order valence-corrected chi connectivity index (χ2v) is 6.78. The van der Waals surface area contributed by atoms with Crippen molar-refractivity contribution >= 4 is 17.3 Å². The Morgan fingerprint density at radius 1 is 0.962 bits per heavy atom. The number of aromatic nitrogens is 1. The van der Waals surface area contributed by atoms with Crippen LogP contribution >= 0.6 is 0 Å². The van der Waals surface area contributed by atoms with Gasteiger partial charge in [-0.15, -0.1) is 0 Å². The van der Waals surface area contributed by atoms with Gasteiger partial charge >= 0.3 is 0 Å². The average molecular weight is 353 g/mol. The lowest BCUT2D eigenvalue weighted by Crippen LogP contribution is -2.34. The lowest BCUT2D eigenvalue weighted by atomic mass is 10.1. The van der Waals surface area contributed by atoms with Crippen LogP contribution in [0, 0.1) is 0 Å². The van der Waals surface area contributed by atoms with Gasteiger partial charge in [0.2, 0.25) is 6.79 Å². The molecule has 2 aromatic rings. The van der Waals surface area contributed by atoms with Crippen LogP contribution in [0.4, 0.5) is 11.4 Å². The minimum atomic E-state index is -0.105. The van der Waals surface area contributed by atoms with E-state index in [1.54, 1.807) is 12.3 Å². The van der Waals surface area contributed by atoms with Gasteiger partial charge in [0.15, 0.2) is 11.5 Å². The van der Waals surface area contributed by atoms with E-state index in [4.69, 9.17) is 9.47 Å². The highest BCUT2D eigenvalue weighted by Crippen LogP contribution is 2.35. The first-order chi connectivity index (χ1) is 12.8. The van der Waals surface area contributed by atoms with Gasteiger partial charge in [0.1, 0.15) is 5.69 Å². The molecule has 1 aliphatic heterocycles. The van der Waals surface area contributed by atoms with Gasteiger partial charge < -0.3 is 20.1 Å². The van der Waals surface area contributed by atoms with Crippen LogP contribution in [0.5, 0.6) is 11.5 Å². The fraction of sp³-hybridized carbons (Fsp3) is 0.400. The first-order valence-electron chi connectivity index (χ1n) is 9.21. The minimum absolute atomic E-state index is 0.105. The molecule has 2 aliphatic rings. The van der Waals surface area contributed by atoms with Crippen molar-refractivity contribution in [1.29, 1.82) is 0 Å². The van der Waals surface area contributed by atoms with Crippen LogP contribution in [0.15, 0.2) is 36.5 Å². The van der Waals surface area contributed by atoms with E-state index in [9.17, 15) is 4.79 Å². The van der Waals surface area contributed by atoms with Crippen LogP contribution in [0.25, 0.3) is 0 Å². The summed E-state index contributed by atoms with van der Waals surface area (Å²) in [7, 11) is 0. The van der Waals surface area contributed by atoms with Crippen LogP contribution in [0.3, 0.4) is 0 Å². The Morgan fingerprint density at radius 2 is 1.73 bits per heavy atom. The largest absolute Gasteiger partial charge is 0.454 e. The Morgan fingerprint density at radius 3 is 2.58 bits per heavy atom. The molecule has 1 aromatic heterocycles. The number of hydrogen-bond acceptors (Lipinski definition) is 5. The molecule has 136 valence electrons. The molecule has 4 rings (SSSR count). The fourth-order valence-corrected chi connectivity index (χ4v) is 3.46. The molecule has 0 saturated heterocycles. The summed E-state index contributed by atoms with van der Waals surface area (Å²) in [6, 6.07) is 9.54. The molecular weight excluding hydrogens is 330 g/mol. The van der Waals surface area contributed by atoms with E-state index in [2.05, 4.69) is 15.6 Å². The number of nitrogens with zero attached hydrogens (tertiary/aromatic N) is 1. The summed E-state index contributed by atoms with van der Waals surface area (Å²) >= 11 is 0. The Labute approximate surface area is 152 Å². The van der Waals surface area contributed by atoms with Gasteiger partial charge in [-0.05, 0) is 37.1 Å². The maximum Gasteiger partial charge on any atom is 0.270 e.